The second-order valence-corrected chi connectivity index (χ2v) is 5.89. The van der Waals surface area contributed by atoms with Gasteiger partial charge < -0.3 is 0 Å². The lowest BCUT2D eigenvalue weighted by atomic mass is 9.75. The maximum absolute atomic E-state index is 9.93. The van der Waals surface area contributed by atoms with Crippen LogP contribution in [0.4, 0.5) is 0 Å². The van der Waals surface area contributed by atoms with Crippen LogP contribution in [0.25, 0.3) is 16.3 Å². The predicted molar refractivity (Wildman–Crippen MR) is 86.7 cm³/mol. The number of nitriles is 1. The molecule has 0 fully saturated rings. The third-order valence-corrected chi connectivity index (χ3v) is 4.75. The van der Waals surface area contributed by atoms with Crippen molar-refractivity contribution in [2.45, 2.75) is 12.3 Å². The fraction of sp³-hybridized carbons (Fsp3) is 0.150. The van der Waals surface area contributed by atoms with Gasteiger partial charge in [-0.25, -0.2) is 0 Å². The fourth-order valence-electron chi connectivity index (χ4n) is 3.72. The highest BCUT2D eigenvalue weighted by molar-refractivity contribution is 5.96. The third kappa shape index (κ3) is 1.51. The van der Waals surface area contributed by atoms with Crippen molar-refractivity contribution in [2.75, 3.05) is 0 Å². The predicted octanol–water partition coefficient (Wildman–Crippen LogP) is 4.76. The van der Waals surface area contributed by atoms with E-state index in [1.165, 1.54) is 27.5 Å². The molecule has 2 aromatic rings. The Morgan fingerprint density at radius 3 is 2.76 bits per heavy atom. The SMILES string of the molecule is C[C@@]1(C#N)c2c(ccc3ccccc23)C2=CC=CC=C[C@H]21. The van der Waals surface area contributed by atoms with Gasteiger partial charge in [0.1, 0.15) is 0 Å². The van der Waals surface area contributed by atoms with E-state index < -0.39 is 5.41 Å². The molecule has 0 aliphatic heterocycles. The Bertz CT molecular complexity index is 876. The third-order valence-electron chi connectivity index (χ3n) is 4.75. The van der Waals surface area contributed by atoms with Crippen molar-refractivity contribution in [3.8, 4) is 6.07 Å². The highest BCUT2D eigenvalue weighted by Gasteiger charge is 2.46. The fourth-order valence-corrected chi connectivity index (χ4v) is 3.72. The Labute approximate surface area is 124 Å². The number of benzene rings is 2. The molecule has 0 saturated heterocycles. The average molecular weight is 269 g/mol. The molecule has 0 unspecified atom stereocenters. The van der Waals surface area contributed by atoms with Crippen molar-refractivity contribution in [3.63, 3.8) is 0 Å². The minimum atomic E-state index is -0.509. The van der Waals surface area contributed by atoms with Crippen molar-refractivity contribution < 1.29 is 0 Å². The van der Waals surface area contributed by atoms with E-state index in [4.69, 9.17) is 0 Å². The van der Waals surface area contributed by atoms with Gasteiger partial charge in [-0.2, -0.15) is 5.26 Å². The minimum Gasteiger partial charge on any atom is -0.197 e. The molecule has 2 atom stereocenters. The van der Waals surface area contributed by atoms with Crippen molar-refractivity contribution >= 4 is 16.3 Å². The lowest BCUT2D eigenvalue weighted by Gasteiger charge is -2.23. The molecule has 2 aliphatic rings. The Morgan fingerprint density at radius 1 is 1.05 bits per heavy atom. The van der Waals surface area contributed by atoms with Crippen LogP contribution in [0.3, 0.4) is 0 Å². The molecule has 4 rings (SSSR count). The summed E-state index contributed by atoms with van der Waals surface area (Å²) in [5.41, 5.74) is 3.15. The second kappa shape index (κ2) is 4.20. The molecule has 0 spiro atoms. The Morgan fingerprint density at radius 2 is 1.90 bits per heavy atom. The Hall–Kier alpha value is -2.59. The highest BCUT2D eigenvalue weighted by Crippen LogP contribution is 2.53. The first kappa shape index (κ1) is 12.2. The first-order valence-corrected chi connectivity index (χ1v) is 7.24. The standard InChI is InChI=1S/C20H15N/c1-20(13-21)18-10-4-2-3-9-16(18)17-12-11-14-7-5-6-8-15(14)19(17)20/h2-12,18H,1H3/t18-,20+/m1/s1. The van der Waals surface area contributed by atoms with Gasteiger partial charge >= 0.3 is 0 Å². The Kier molecular flexibility index (Phi) is 2.43. The molecule has 0 amide bonds. The maximum atomic E-state index is 9.93. The van der Waals surface area contributed by atoms with Crippen molar-refractivity contribution in [1.82, 2.24) is 0 Å². The zero-order valence-corrected chi connectivity index (χ0v) is 11.9. The molecule has 0 saturated carbocycles. The van der Waals surface area contributed by atoms with Crippen LogP contribution in [0.5, 0.6) is 0 Å². The molecule has 2 aliphatic carbocycles. The number of rotatable bonds is 0. The van der Waals surface area contributed by atoms with Crippen LogP contribution in [-0.4, -0.2) is 0 Å². The van der Waals surface area contributed by atoms with Crippen LogP contribution >= 0.6 is 0 Å². The maximum Gasteiger partial charge on any atom is 0.0909 e. The topological polar surface area (TPSA) is 23.8 Å². The highest BCUT2D eigenvalue weighted by atomic mass is 14.5. The van der Waals surface area contributed by atoms with E-state index in [0.717, 1.165) is 0 Å². The normalized spacial score (nSPS) is 25.9. The van der Waals surface area contributed by atoms with Gasteiger partial charge in [-0.05, 0) is 34.4 Å². The molecule has 0 aromatic heterocycles. The van der Waals surface area contributed by atoms with Gasteiger partial charge in [0.15, 0.2) is 0 Å². The molecule has 21 heavy (non-hydrogen) atoms. The number of nitrogens with zero attached hydrogens (tertiary/aromatic N) is 1. The zero-order valence-electron chi connectivity index (χ0n) is 11.9. The molecule has 0 N–H and O–H groups in total. The van der Waals surface area contributed by atoms with Crippen LogP contribution in [0.2, 0.25) is 0 Å². The van der Waals surface area contributed by atoms with Crippen LogP contribution in [0.15, 0.2) is 66.8 Å². The zero-order chi connectivity index (χ0) is 14.4. The van der Waals surface area contributed by atoms with E-state index in [0.29, 0.717) is 0 Å². The summed E-state index contributed by atoms with van der Waals surface area (Å²) in [6, 6.07) is 15.3. The van der Waals surface area contributed by atoms with Gasteiger partial charge in [0.05, 0.1) is 11.5 Å². The van der Waals surface area contributed by atoms with E-state index in [-0.39, 0.29) is 5.92 Å². The number of hydrogen-bond acceptors (Lipinski definition) is 1. The summed E-state index contributed by atoms with van der Waals surface area (Å²) in [5.74, 6) is 0.123. The lowest BCUT2D eigenvalue weighted by Crippen LogP contribution is -2.24. The summed E-state index contributed by atoms with van der Waals surface area (Å²) in [6.07, 6.45) is 10.5. The van der Waals surface area contributed by atoms with Gasteiger partial charge in [0.25, 0.3) is 0 Å². The smallest absolute Gasteiger partial charge is 0.0909 e. The second-order valence-electron chi connectivity index (χ2n) is 5.89. The van der Waals surface area contributed by atoms with Gasteiger partial charge in [-0.3, -0.25) is 0 Å². The van der Waals surface area contributed by atoms with Crippen molar-refractivity contribution in [2.24, 2.45) is 5.92 Å². The Balaban J connectivity index is 2.16. The summed E-state index contributed by atoms with van der Waals surface area (Å²) < 4.78 is 0. The molecule has 1 heteroatoms. The summed E-state index contributed by atoms with van der Waals surface area (Å²) in [6.45, 7) is 2.07. The minimum absolute atomic E-state index is 0.123. The molecule has 0 heterocycles. The van der Waals surface area contributed by atoms with Gasteiger partial charge in [0.2, 0.25) is 0 Å². The summed E-state index contributed by atoms with van der Waals surface area (Å²) >= 11 is 0. The molecule has 1 nitrogen and oxygen atoms in total. The summed E-state index contributed by atoms with van der Waals surface area (Å²) in [5, 5.41) is 12.3. The van der Waals surface area contributed by atoms with Crippen LogP contribution in [-0.2, 0) is 5.41 Å². The molecular weight excluding hydrogens is 254 g/mol. The van der Waals surface area contributed by atoms with E-state index in [1.54, 1.807) is 0 Å². The number of hydrogen-bond donors (Lipinski definition) is 0. The molecule has 2 aromatic carbocycles. The summed E-state index contributed by atoms with van der Waals surface area (Å²) in [7, 11) is 0. The van der Waals surface area contributed by atoms with Crippen molar-refractivity contribution in [1.29, 1.82) is 5.26 Å². The van der Waals surface area contributed by atoms with Gasteiger partial charge in [0, 0.05) is 5.92 Å². The number of allylic oxidation sites excluding steroid dienone is 6. The van der Waals surface area contributed by atoms with Crippen LogP contribution < -0.4 is 0 Å². The molecular formula is C20H15N. The van der Waals surface area contributed by atoms with Gasteiger partial charge in [-0.1, -0.05) is 66.8 Å². The largest absolute Gasteiger partial charge is 0.197 e. The van der Waals surface area contributed by atoms with E-state index in [1.807, 2.05) is 12.1 Å². The van der Waals surface area contributed by atoms with E-state index in [2.05, 4.69) is 67.6 Å². The first-order valence-electron chi connectivity index (χ1n) is 7.24. The lowest BCUT2D eigenvalue weighted by molar-refractivity contribution is 0.559. The monoisotopic (exact) mass is 269 g/mol. The van der Waals surface area contributed by atoms with Crippen LogP contribution in [0, 0.1) is 17.2 Å². The molecule has 0 bridgehead atoms. The van der Waals surface area contributed by atoms with E-state index >= 15 is 0 Å². The quantitative estimate of drug-likeness (QED) is 0.676. The average Bonchev–Trinajstić information content (AvgIpc) is 2.70. The molecule has 0 radical (unpaired) electrons. The molecule has 100 valence electrons. The van der Waals surface area contributed by atoms with Crippen LogP contribution in [0.1, 0.15) is 18.1 Å². The van der Waals surface area contributed by atoms with Crippen molar-refractivity contribution in [3.05, 3.63) is 77.9 Å². The number of fused-ring (bicyclic) bond motifs is 5. The first-order chi connectivity index (χ1) is 10.3. The van der Waals surface area contributed by atoms with E-state index in [9.17, 15) is 5.26 Å². The van der Waals surface area contributed by atoms with Gasteiger partial charge in [-0.15, -0.1) is 0 Å². The summed E-state index contributed by atoms with van der Waals surface area (Å²) in [4.78, 5) is 0.